The Kier molecular flexibility index (Phi) is 22.8. The fourth-order valence-electron chi connectivity index (χ4n) is 5.57. The van der Waals surface area contributed by atoms with Gasteiger partial charge in [-0.15, -0.1) is 0 Å². The van der Waals surface area contributed by atoms with Gasteiger partial charge in [-0.05, 0) is 90.6 Å². The molecule has 0 heterocycles. The van der Waals surface area contributed by atoms with Gasteiger partial charge in [0.25, 0.3) is 0 Å². The first-order chi connectivity index (χ1) is 24.7. The zero-order valence-electron chi connectivity index (χ0n) is 32.4. The second-order valence-corrected chi connectivity index (χ2v) is 14.2. The molecule has 0 radical (unpaired) electrons. The van der Waals surface area contributed by atoms with Crippen LogP contribution < -0.4 is 26.0 Å². The zero-order chi connectivity index (χ0) is 38.9. The molecule has 0 aliphatic rings. The van der Waals surface area contributed by atoms with E-state index < -0.39 is 29.9 Å². The second-order valence-electron chi connectivity index (χ2n) is 14.2. The van der Waals surface area contributed by atoms with Crippen LogP contribution in [-0.4, -0.2) is 80.2 Å². The van der Waals surface area contributed by atoms with Crippen molar-refractivity contribution in [3.63, 3.8) is 0 Å². The first kappa shape index (κ1) is 46.0. The monoisotopic (exact) mass is 728 g/mol. The van der Waals surface area contributed by atoms with Crippen LogP contribution in [0.5, 0.6) is 5.75 Å². The lowest BCUT2D eigenvalue weighted by Crippen LogP contribution is -2.45. The van der Waals surface area contributed by atoms with Crippen molar-refractivity contribution in [3.8, 4) is 5.75 Å². The minimum atomic E-state index is -0.749. The number of nitrogens with one attached hydrogen (secondary N) is 4. The van der Waals surface area contributed by atoms with E-state index in [1.807, 2.05) is 59.0 Å². The smallest absolute Gasteiger partial charge is 0.407 e. The van der Waals surface area contributed by atoms with Gasteiger partial charge >= 0.3 is 6.09 Å². The number of alkyl carbamates (subject to hydrolysis) is 1. The molecular formula is C40H64N4O8. The van der Waals surface area contributed by atoms with Gasteiger partial charge in [-0.2, -0.15) is 0 Å². The Labute approximate surface area is 311 Å². The molecular weight excluding hydrogens is 664 g/mol. The van der Waals surface area contributed by atoms with Crippen LogP contribution in [0.3, 0.4) is 0 Å². The first-order valence-corrected chi connectivity index (χ1v) is 18.8. The molecule has 0 aromatic heterocycles. The predicted molar refractivity (Wildman–Crippen MR) is 203 cm³/mol. The number of ether oxygens (including phenoxy) is 2. The summed E-state index contributed by atoms with van der Waals surface area (Å²) in [5.74, 6) is -1.78. The van der Waals surface area contributed by atoms with E-state index in [0.29, 0.717) is 70.1 Å². The highest BCUT2D eigenvalue weighted by molar-refractivity contribution is 5.94. The number of ketones is 3. The largest absolute Gasteiger partial charge is 0.488 e. The van der Waals surface area contributed by atoms with Gasteiger partial charge in [-0.3, -0.25) is 24.0 Å². The normalized spacial score (nSPS) is 12.9. The van der Waals surface area contributed by atoms with E-state index in [-0.39, 0.29) is 54.9 Å². The van der Waals surface area contributed by atoms with Gasteiger partial charge in [0.05, 0.1) is 12.6 Å². The Bertz CT molecular complexity index is 1280. The highest BCUT2D eigenvalue weighted by Crippen LogP contribution is 2.21. The maximum absolute atomic E-state index is 13.7. The number of unbranched alkanes of at least 4 members (excludes halogenated alkanes) is 2. The molecule has 52 heavy (non-hydrogen) atoms. The third-order valence-electron chi connectivity index (χ3n) is 8.34. The third kappa shape index (κ3) is 20.7. The average Bonchev–Trinajstić information content (AvgIpc) is 3.10. The van der Waals surface area contributed by atoms with E-state index >= 15 is 0 Å². The van der Waals surface area contributed by atoms with Crippen molar-refractivity contribution in [2.45, 2.75) is 123 Å². The van der Waals surface area contributed by atoms with E-state index in [2.05, 4.69) is 27.8 Å². The lowest BCUT2D eigenvalue weighted by atomic mass is 9.92. The molecule has 4 N–H and O–H groups in total. The Morgan fingerprint density at radius 3 is 2.02 bits per heavy atom. The van der Waals surface area contributed by atoms with Gasteiger partial charge in [-0.1, -0.05) is 51.5 Å². The first-order valence-electron chi connectivity index (χ1n) is 18.8. The number of carbonyl (C=O) groups excluding carboxylic acids is 6. The van der Waals surface area contributed by atoms with Crippen LogP contribution in [0.2, 0.25) is 0 Å². The van der Waals surface area contributed by atoms with Crippen molar-refractivity contribution < 1.29 is 38.2 Å². The quantitative estimate of drug-likeness (QED) is 0.0651. The number of Topliss-reactive ketones (excluding diaryl/α,β-unsaturated/α-hetero) is 3. The molecule has 1 aromatic rings. The summed E-state index contributed by atoms with van der Waals surface area (Å²) in [5.41, 5.74) is 0.523. The second kappa shape index (κ2) is 25.8. The van der Waals surface area contributed by atoms with E-state index in [0.717, 1.165) is 18.5 Å². The highest BCUT2D eigenvalue weighted by Gasteiger charge is 2.28. The van der Waals surface area contributed by atoms with Crippen LogP contribution in [0.25, 0.3) is 0 Å². The number of hydrogen-bond acceptors (Lipinski definition) is 9. The molecule has 1 rings (SSSR count). The van der Waals surface area contributed by atoms with Gasteiger partial charge in [0.2, 0.25) is 11.8 Å². The minimum absolute atomic E-state index is 0.0569. The topological polar surface area (TPSA) is 169 Å². The van der Waals surface area contributed by atoms with Crippen LogP contribution in [0.4, 0.5) is 4.79 Å². The number of amides is 3. The highest BCUT2D eigenvalue weighted by atomic mass is 16.5. The summed E-state index contributed by atoms with van der Waals surface area (Å²) >= 11 is 0. The molecule has 0 saturated carbocycles. The zero-order valence-corrected chi connectivity index (χ0v) is 32.4. The lowest BCUT2D eigenvalue weighted by Gasteiger charge is -2.23. The van der Waals surface area contributed by atoms with Crippen molar-refractivity contribution in [1.82, 2.24) is 21.3 Å². The third-order valence-corrected chi connectivity index (χ3v) is 8.34. The van der Waals surface area contributed by atoms with Crippen molar-refractivity contribution >= 4 is 35.3 Å². The molecule has 12 heteroatoms. The maximum atomic E-state index is 13.7. The van der Waals surface area contributed by atoms with E-state index in [1.54, 1.807) is 6.92 Å². The molecule has 0 saturated heterocycles. The molecule has 0 aliphatic heterocycles. The molecule has 3 amide bonds. The molecule has 0 bridgehead atoms. The van der Waals surface area contributed by atoms with Crippen molar-refractivity contribution in [1.29, 1.82) is 0 Å². The van der Waals surface area contributed by atoms with Crippen LogP contribution in [-0.2, 0) is 35.1 Å². The summed E-state index contributed by atoms with van der Waals surface area (Å²) in [6, 6.07) is 6.74. The van der Waals surface area contributed by atoms with Crippen LogP contribution in [0, 0.1) is 11.8 Å². The molecule has 12 nitrogen and oxygen atoms in total. The Balaban J connectivity index is 2.93. The molecule has 0 fully saturated rings. The SMILES string of the molecule is C=CCOC(=O)NCCCC[C@H](CC(=O)CC)C(=O)NCC(=O)C[C@@H](CCCCNC)C(=O)N[C@@H](Cc1ccc(OC(C)(C)C)cc1)C(=O)CCC. The van der Waals surface area contributed by atoms with Gasteiger partial charge in [0.15, 0.2) is 11.6 Å². The van der Waals surface area contributed by atoms with Crippen LogP contribution >= 0.6 is 0 Å². The van der Waals surface area contributed by atoms with E-state index in [4.69, 9.17) is 9.47 Å². The maximum Gasteiger partial charge on any atom is 0.407 e. The van der Waals surface area contributed by atoms with Crippen molar-refractivity contribution in [3.05, 3.63) is 42.5 Å². The van der Waals surface area contributed by atoms with Gasteiger partial charge in [-0.25, -0.2) is 4.79 Å². The number of hydrogen-bond donors (Lipinski definition) is 4. The predicted octanol–water partition coefficient (Wildman–Crippen LogP) is 5.41. The molecule has 0 spiro atoms. The fraction of sp³-hybridized carbons (Fsp3) is 0.650. The van der Waals surface area contributed by atoms with Gasteiger partial charge in [0, 0.05) is 44.1 Å². The fourth-order valence-corrected chi connectivity index (χ4v) is 5.57. The Morgan fingerprint density at radius 1 is 0.827 bits per heavy atom. The summed E-state index contributed by atoms with van der Waals surface area (Å²) in [4.78, 5) is 77.1. The lowest BCUT2D eigenvalue weighted by molar-refractivity contribution is -0.133. The average molecular weight is 729 g/mol. The van der Waals surface area contributed by atoms with E-state index in [1.165, 1.54) is 6.08 Å². The number of benzene rings is 1. The van der Waals surface area contributed by atoms with Gasteiger partial charge < -0.3 is 30.7 Å². The molecule has 3 atom stereocenters. The van der Waals surface area contributed by atoms with Crippen LogP contribution in [0.15, 0.2) is 36.9 Å². The standard InChI is InChI=1S/C40H64N4O8/c1-8-15-36(47)35(25-29-18-20-34(21-19-29)52-40(4,5)6)44-38(49)31(17-11-13-22-41-7)27-33(46)28-43-37(48)30(26-32(45)10-3)16-12-14-23-42-39(50)51-24-9-2/h9,18-21,30-31,35,41H,2,8,10-17,22-28H2,1,3-7H3,(H,42,50)(H,43,48)(H,44,49)/t30-,31-,35+/m1/s1. The van der Waals surface area contributed by atoms with Crippen molar-refractivity contribution in [2.75, 3.05) is 33.3 Å². The molecule has 1 aromatic carbocycles. The summed E-state index contributed by atoms with van der Waals surface area (Å²) in [6.45, 7) is 14.0. The summed E-state index contributed by atoms with van der Waals surface area (Å²) in [6.07, 6.45) is 5.96. The summed E-state index contributed by atoms with van der Waals surface area (Å²) < 4.78 is 10.8. The van der Waals surface area contributed by atoms with E-state index in [9.17, 15) is 28.8 Å². The number of rotatable bonds is 28. The molecule has 292 valence electrons. The minimum Gasteiger partial charge on any atom is -0.488 e. The molecule has 0 aliphatic carbocycles. The van der Waals surface area contributed by atoms with Crippen LogP contribution in [0.1, 0.15) is 111 Å². The Hall–Kier alpha value is -4.06. The number of carbonyl (C=O) groups is 6. The van der Waals surface area contributed by atoms with Crippen molar-refractivity contribution in [2.24, 2.45) is 11.8 Å². The van der Waals surface area contributed by atoms with Gasteiger partial charge in [0.1, 0.15) is 23.7 Å². The molecule has 0 unspecified atom stereocenters. The Morgan fingerprint density at radius 2 is 1.44 bits per heavy atom. The summed E-state index contributed by atoms with van der Waals surface area (Å²) in [7, 11) is 1.85. The summed E-state index contributed by atoms with van der Waals surface area (Å²) in [5, 5.41) is 11.4.